The first kappa shape index (κ1) is 19.9. The Kier molecular flexibility index (Phi) is 6.04. The van der Waals surface area contributed by atoms with Gasteiger partial charge in [0.05, 0.1) is 0 Å². The number of rotatable bonds is 8. The van der Waals surface area contributed by atoms with Crippen molar-refractivity contribution in [1.82, 2.24) is 0 Å². The van der Waals surface area contributed by atoms with Gasteiger partial charge < -0.3 is 5.73 Å². The van der Waals surface area contributed by atoms with Crippen molar-refractivity contribution >= 4 is 5.57 Å². The smallest absolute Gasteiger partial charge is 0.0314 e. The molecule has 1 heteroatoms. The van der Waals surface area contributed by atoms with Crippen molar-refractivity contribution in [2.75, 3.05) is 0 Å². The molecule has 1 aliphatic rings. The fourth-order valence-electron chi connectivity index (χ4n) is 4.31. The van der Waals surface area contributed by atoms with E-state index in [4.69, 9.17) is 5.73 Å². The largest absolute Gasteiger partial charge is 0.399 e. The van der Waals surface area contributed by atoms with E-state index < -0.39 is 0 Å². The van der Waals surface area contributed by atoms with Gasteiger partial charge >= 0.3 is 0 Å². The van der Waals surface area contributed by atoms with Crippen molar-refractivity contribution < 1.29 is 0 Å². The highest BCUT2D eigenvalue weighted by molar-refractivity contribution is 5.92. The molecule has 3 rings (SSSR count). The van der Waals surface area contributed by atoms with Crippen LogP contribution >= 0.6 is 0 Å². The third-order valence-electron chi connectivity index (χ3n) is 5.72. The molecule has 0 aliphatic heterocycles. The summed E-state index contributed by atoms with van der Waals surface area (Å²) >= 11 is 0. The van der Waals surface area contributed by atoms with Crippen molar-refractivity contribution in [2.24, 2.45) is 5.73 Å². The summed E-state index contributed by atoms with van der Waals surface area (Å²) < 4.78 is 0. The van der Waals surface area contributed by atoms with E-state index in [9.17, 15) is 0 Å². The summed E-state index contributed by atoms with van der Waals surface area (Å²) in [5.41, 5.74) is 16.9. The molecule has 0 radical (unpaired) electrons. The molecule has 1 aliphatic carbocycles. The summed E-state index contributed by atoms with van der Waals surface area (Å²) in [6, 6.07) is 17.5. The molecule has 144 valence electrons. The van der Waals surface area contributed by atoms with Crippen molar-refractivity contribution in [1.29, 1.82) is 0 Å². The van der Waals surface area contributed by atoms with E-state index in [0.717, 1.165) is 31.3 Å². The molecule has 2 aromatic carbocycles. The third-order valence-corrected chi connectivity index (χ3v) is 5.72. The molecule has 0 heterocycles. The van der Waals surface area contributed by atoms with Gasteiger partial charge in [0.15, 0.2) is 0 Å². The minimum Gasteiger partial charge on any atom is -0.399 e. The second-order valence-corrected chi connectivity index (χ2v) is 7.84. The van der Waals surface area contributed by atoms with Crippen LogP contribution in [0.15, 0.2) is 90.7 Å². The topological polar surface area (TPSA) is 26.0 Å². The highest BCUT2D eigenvalue weighted by atomic mass is 14.6. The van der Waals surface area contributed by atoms with E-state index >= 15 is 0 Å². The fraction of sp³-hybridized carbons (Fsp3) is 0.259. The first-order chi connectivity index (χ1) is 13.4. The van der Waals surface area contributed by atoms with Gasteiger partial charge in [-0.25, -0.2) is 0 Å². The van der Waals surface area contributed by atoms with E-state index in [1.807, 2.05) is 0 Å². The van der Waals surface area contributed by atoms with Crippen LogP contribution in [0.1, 0.15) is 54.9 Å². The molecule has 0 fully saturated rings. The lowest BCUT2D eigenvalue weighted by atomic mass is 9.87. The van der Waals surface area contributed by atoms with Crippen molar-refractivity contribution in [3.63, 3.8) is 0 Å². The van der Waals surface area contributed by atoms with Gasteiger partial charge in [0.2, 0.25) is 0 Å². The van der Waals surface area contributed by atoms with E-state index in [1.165, 1.54) is 39.0 Å². The summed E-state index contributed by atoms with van der Waals surface area (Å²) in [4.78, 5) is 0. The van der Waals surface area contributed by atoms with Gasteiger partial charge in [-0.1, -0.05) is 79.8 Å². The van der Waals surface area contributed by atoms with Gasteiger partial charge in [-0.2, -0.15) is 0 Å². The Hall–Kier alpha value is -2.80. The second kappa shape index (κ2) is 8.48. The molecule has 28 heavy (non-hydrogen) atoms. The quantitative estimate of drug-likeness (QED) is 0.405. The molecule has 0 aromatic heterocycles. The van der Waals surface area contributed by atoms with Gasteiger partial charge in [-0.05, 0) is 66.0 Å². The standard InChI is InChI=1S/C27H31N/c1-6-23-25(17-21-11-8-7-9-12-21)24-14-10-13-22(16-15-18(2)3)27(24)26(23)19(4)20(5)28/h7-14,25H,2,4-6,15-17,28H2,1,3H3. The lowest BCUT2D eigenvalue weighted by Crippen LogP contribution is -2.04. The predicted molar refractivity (Wildman–Crippen MR) is 122 cm³/mol. The van der Waals surface area contributed by atoms with Crippen LogP contribution in [-0.2, 0) is 12.8 Å². The molecule has 1 unspecified atom stereocenters. The monoisotopic (exact) mass is 369 g/mol. The molecule has 2 aromatic rings. The normalized spacial score (nSPS) is 15.4. The Bertz CT molecular complexity index is 943. The zero-order chi connectivity index (χ0) is 20.3. The predicted octanol–water partition coefficient (Wildman–Crippen LogP) is 6.73. The molecular weight excluding hydrogens is 338 g/mol. The lowest BCUT2D eigenvalue weighted by Gasteiger charge is -2.17. The maximum absolute atomic E-state index is 6.12. The molecule has 1 nitrogen and oxygen atoms in total. The Morgan fingerprint density at radius 2 is 1.71 bits per heavy atom. The maximum Gasteiger partial charge on any atom is 0.0314 e. The first-order valence-corrected chi connectivity index (χ1v) is 10.1. The maximum atomic E-state index is 6.12. The van der Waals surface area contributed by atoms with Crippen LogP contribution in [0, 0.1) is 0 Å². The average Bonchev–Trinajstić information content (AvgIpc) is 3.00. The minimum absolute atomic E-state index is 0.360. The van der Waals surface area contributed by atoms with E-state index in [1.54, 1.807) is 0 Å². The molecule has 0 bridgehead atoms. The van der Waals surface area contributed by atoms with Gasteiger partial charge in [0.1, 0.15) is 0 Å². The summed E-state index contributed by atoms with van der Waals surface area (Å²) in [5, 5.41) is 0. The zero-order valence-corrected chi connectivity index (χ0v) is 17.2. The fourth-order valence-corrected chi connectivity index (χ4v) is 4.31. The summed E-state index contributed by atoms with van der Waals surface area (Å²) in [6.45, 7) is 16.7. The Morgan fingerprint density at radius 1 is 1.00 bits per heavy atom. The molecule has 0 saturated carbocycles. The second-order valence-electron chi connectivity index (χ2n) is 7.84. The molecule has 0 amide bonds. The number of allylic oxidation sites excluding steroid dienone is 3. The van der Waals surface area contributed by atoms with Crippen LogP contribution in [-0.4, -0.2) is 0 Å². The van der Waals surface area contributed by atoms with E-state index in [2.05, 4.69) is 82.1 Å². The highest BCUT2D eigenvalue weighted by Gasteiger charge is 2.33. The van der Waals surface area contributed by atoms with Crippen LogP contribution in [0.4, 0.5) is 0 Å². The van der Waals surface area contributed by atoms with Crippen LogP contribution in [0.5, 0.6) is 0 Å². The van der Waals surface area contributed by atoms with Crippen molar-refractivity contribution in [3.8, 4) is 0 Å². The van der Waals surface area contributed by atoms with Gasteiger partial charge in [0, 0.05) is 11.6 Å². The van der Waals surface area contributed by atoms with Crippen LogP contribution in [0.2, 0.25) is 0 Å². The summed E-state index contributed by atoms with van der Waals surface area (Å²) in [5.74, 6) is 0.360. The van der Waals surface area contributed by atoms with E-state index in [-0.39, 0.29) is 0 Å². The van der Waals surface area contributed by atoms with Gasteiger partial charge in [-0.3, -0.25) is 0 Å². The molecule has 0 saturated heterocycles. The van der Waals surface area contributed by atoms with Crippen molar-refractivity contribution in [2.45, 2.75) is 45.4 Å². The Balaban J connectivity index is 2.15. The zero-order valence-electron chi connectivity index (χ0n) is 17.2. The average molecular weight is 370 g/mol. The van der Waals surface area contributed by atoms with Crippen LogP contribution in [0.25, 0.3) is 5.57 Å². The minimum atomic E-state index is 0.360. The SMILES string of the molecule is C=C(C)CCc1cccc2c1C(C(=C)C(=C)N)=C(CC)C2Cc1ccccc1. The van der Waals surface area contributed by atoms with Crippen LogP contribution < -0.4 is 5.73 Å². The van der Waals surface area contributed by atoms with Gasteiger partial charge in [0.25, 0.3) is 0 Å². The number of hydrogen-bond acceptors (Lipinski definition) is 1. The van der Waals surface area contributed by atoms with Gasteiger partial charge in [-0.15, -0.1) is 6.58 Å². The number of benzene rings is 2. The third kappa shape index (κ3) is 3.89. The Labute approximate surface area is 170 Å². The summed E-state index contributed by atoms with van der Waals surface area (Å²) in [6.07, 6.45) is 3.95. The number of fused-ring (bicyclic) bond motifs is 1. The lowest BCUT2D eigenvalue weighted by molar-refractivity contribution is 0.769. The molecular formula is C27H31N. The molecule has 2 N–H and O–H groups in total. The number of nitrogens with two attached hydrogens (primary N) is 1. The number of hydrogen-bond donors (Lipinski definition) is 1. The molecule has 1 atom stereocenters. The van der Waals surface area contributed by atoms with Crippen molar-refractivity contribution in [3.05, 3.63) is 113 Å². The summed E-state index contributed by atoms with van der Waals surface area (Å²) in [7, 11) is 0. The highest BCUT2D eigenvalue weighted by Crippen LogP contribution is 2.49. The molecule has 0 spiro atoms. The Morgan fingerprint density at radius 3 is 2.32 bits per heavy atom. The van der Waals surface area contributed by atoms with E-state index in [0.29, 0.717) is 11.6 Å². The first-order valence-electron chi connectivity index (χ1n) is 10.1. The number of aryl methyl sites for hydroxylation is 1. The van der Waals surface area contributed by atoms with Crippen LogP contribution in [0.3, 0.4) is 0 Å².